The summed E-state index contributed by atoms with van der Waals surface area (Å²) in [5.41, 5.74) is 1.16. The van der Waals surface area contributed by atoms with E-state index in [-0.39, 0.29) is 24.6 Å². The number of halogens is 1. The van der Waals surface area contributed by atoms with Crippen molar-refractivity contribution in [3.05, 3.63) is 71.5 Å². The summed E-state index contributed by atoms with van der Waals surface area (Å²) in [5, 5.41) is 11.6. The van der Waals surface area contributed by atoms with E-state index in [0.717, 1.165) is 0 Å². The van der Waals surface area contributed by atoms with Crippen molar-refractivity contribution in [2.45, 2.75) is 18.9 Å². The summed E-state index contributed by atoms with van der Waals surface area (Å²) in [6.07, 6.45) is 0.149. The van der Waals surface area contributed by atoms with Gasteiger partial charge in [-0.1, -0.05) is 30.3 Å². The first kappa shape index (κ1) is 15.7. The molecule has 114 valence electrons. The van der Waals surface area contributed by atoms with Gasteiger partial charge in [0.2, 0.25) is 0 Å². The van der Waals surface area contributed by atoms with Crippen LogP contribution in [0.4, 0.5) is 4.39 Å². The first-order valence-electron chi connectivity index (χ1n) is 6.89. The molecule has 1 unspecified atom stereocenters. The molecular formula is C17H16FNO3. The highest BCUT2D eigenvalue weighted by Gasteiger charge is 2.17. The van der Waals surface area contributed by atoms with E-state index in [2.05, 4.69) is 5.32 Å². The van der Waals surface area contributed by atoms with E-state index in [1.165, 1.54) is 12.1 Å². The smallest absolute Gasteiger partial charge is 0.303 e. The maximum atomic E-state index is 13.0. The third-order valence-corrected chi connectivity index (χ3v) is 3.26. The highest BCUT2D eigenvalue weighted by Crippen LogP contribution is 2.20. The van der Waals surface area contributed by atoms with E-state index in [0.29, 0.717) is 11.1 Å². The normalized spacial score (nSPS) is 11.7. The zero-order valence-electron chi connectivity index (χ0n) is 11.8. The van der Waals surface area contributed by atoms with Crippen molar-refractivity contribution >= 4 is 11.9 Å². The number of amides is 1. The topological polar surface area (TPSA) is 66.4 Å². The molecule has 0 saturated heterocycles. The van der Waals surface area contributed by atoms with Gasteiger partial charge in [-0.3, -0.25) is 9.59 Å². The molecule has 0 aliphatic heterocycles. The largest absolute Gasteiger partial charge is 0.481 e. The van der Waals surface area contributed by atoms with E-state index in [4.69, 9.17) is 5.11 Å². The molecule has 0 aliphatic rings. The van der Waals surface area contributed by atoms with Gasteiger partial charge in [-0.05, 0) is 36.2 Å². The van der Waals surface area contributed by atoms with Crippen molar-refractivity contribution in [3.8, 4) is 0 Å². The molecule has 1 amide bonds. The van der Waals surface area contributed by atoms with Gasteiger partial charge in [0.15, 0.2) is 0 Å². The van der Waals surface area contributed by atoms with Crippen molar-refractivity contribution in [1.82, 2.24) is 5.32 Å². The summed E-state index contributed by atoms with van der Waals surface area (Å²) in [5.74, 6) is -1.61. The molecule has 0 saturated carbocycles. The lowest BCUT2D eigenvalue weighted by Crippen LogP contribution is -2.29. The highest BCUT2D eigenvalue weighted by molar-refractivity contribution is 5.94. The second kappa shape index (κ2) is 7.36. The molecule has 0 aromatic heterocycles. The predicted molar refractivity (Wildman–Crippen MR) is 79.9 cm³/mol. The molecule has 0 spiro atoms. The van der Waals surface area contributed by atoms with Crippen LogP contribution >= 0.6 is 0 Å². The number of hydrogen-bond donors (Lipinski definition) is 2. The Hall–Kier alpha value is -2.69. The summed E-state index contributed by atoms with van der Waals surface area (Å²) in [6.45, 7) is 0. The first-order chi connectivity index (χ1) is 10.6. The monoisotopic (exact) mass is 301 g/mol. The van der Waals surface area contributed by atoms with Gasteiger partial charge in [0.25, 0.3) is 5.91 Å². The van der Waals surface area contributed by atoms with E-state index >= 15 is 0 Å². The van der Waals surface area contributed by atoms with Gasteiger partial charge in [-0.2, -0.15) is 0 Å². The van der Waals surface area contributed by atoms with Crippen LogP contribution < -0.4 is 5.32 Å². The van der Waals surface area contributed by atoms with Gasteiger partial charge in [0.05, 0.1) is 6.04 Å². The van der Waals surface area contributed by atoms with Crippen LogP contribution in [0.15, 0.2) is 54.6 Å². The zero-order valence-corrected chi connectivity index (χ0v) is 11.8. The molecule has 2 rings (SSSR count). The van der Waals surface area contributed by atoms with Crippen LogP contribution in [0.25, 0.3) is 0 Å². The summed E-state index contributed by atoms with van der Waals surface area (Å²) in [6, 6.07) is 13.8. The minimum Gasteiger partial charge on any atom is -0.481 e. The molecule has 0 heterocycles. The molecule has 0 fully saturated rings. The van der Waals surface area contributed by atoms with Crippen LogP contribution in [0.1, 0.15) is 34.8 Å². The molecule has 2 N–H and O–H groups in total. The molecule has 1 atom stereocenters. The van der Waals surface area contributed by atoms with Gasteiger partial charge in [0, 0.05) is 12.0 Å². The lowest BCUT2D eigenvalue weighted by Gasteiger charge is -2.18. The van der Waals surface area contributed by atoms with E-state index in [9.17, 15) is 14.0 Å². The quantitative estimate of drug-likeness (QED) is 0.861. The van der Waals surface area contributed by atoms with Gasteiger partial charge >= 0.3 is 5.97 Å². The Labute approximate surface area is 127 Å². The van der Waals surface area contributed by atoms with Crippen molar-refractivity contribution in [2.75, 3.05) is 0 Å². The fraction of sp³-hybridized carbons (Fsp3) is 0.176. The minimum atomic E-state index is -0.943. The molecular weight excluding hydrogens is 285 g/mol. The lowest BCUT2D eigenvalue weighted by molar-refractivity contribution is -0.137. The van der Waals surface area contributed by atoms with E-state index < -0.39 is 12.0 Å². The number of carboxylic acid groups (broad SMARTS) is 1. The van der Waals surface area contributed by atoms with Crippen LogP contribution in [0.3, 0.4) is 0 Å². The van der Waals surface area contributed by atoms with Crippen molar-refractivity contribution in [2.24, 2.45) is 0 Å². The second-order valence-corrected chi connectivity index (χ2v) is 4.88. The van der Waals surface area contributed by atoms with Crippen LogP contribution in [0.5, 0.6) is 0 Å². The Morgan fingerprint density at radius 2 is 1.68 bits per heavy atom. The Kier molecular flexibility index (Phi) is 5.25. The zero-order chi connectivity index (χ0) is 15.9. The maximum absolute atomic E-state index is 13.0. The number of benzene rings is 2. The van der Waals surface area contributed by atoms with Crippen LogP contribution in [-0.4, -0.2) is 17.0 Å². The van der Waals surface area contributed by atoms with Gasteiger partial charge in [-0.15, -0.1) is 0 Å². The van der Waals surface area contributed by atoms with Crippen LogP contribution in [0.2, 0.25) is 0 Å². The number of carbonyl (C=O) groups excluding carboxylic acids is 1. The van der Waals surface area contributed by atoms with Crippen LogP contribution in [0, 0.1) is 5.82 Å². The average Bonchev–Trinajstić information content (AvgIpc) is 2.53. The Morgan fingerprint density at radius 3 is 2.27 bits per heavy atom. The number of nitrogens with one attached hydrogen (secondary N) is 1. The van der Waals surface area contributed by atoms with Crippen molar-refractivity contribution < 1.29 is 19.1 Å². The minimum absolute atomic E-state index is 0.0862. The second-order valence-electron chi connectivity index (χ2n) is 4.88. The number of rotatable bonds is 6. The van der Waals surface area contributed by atoms with Gasteiger partial charge < -0.3 is 10.4 Å². The molecule has 5 heteroatoms. The molecule has 22 heavy (non-hydrogen) atoms. The van der Waals surface area contributed by atoms with E-state index in [1.54, 1.807) is 42.5 Å². The van der Waals surface area contributed by atoms with Gasteiger partial charge in [-0.25, -0.2) is 4.39 Å². The summed E-state index contributed by atoms with van der Waals surface area (Å²) in [4.78, 5) is 23.0. The average molecular weight is 301 g/mol. The predicted octanol–water partition coefficient (Wildman–Crippen LogP) is 3.16. The Morgan fingerprint density at radius 1 is 1.05 bits per heavy atom. The summed E-state index contributed by atoms with van der Waals surface area (Å²) >= 11 is 0. The third-order valence-electron chi connectivity index (χ3n) is 3.26. The molecule has 4 nitrogen and oxygen atoms in total. The Bertz CT molecular complexity index is 641. The number of hydrogen-bond acceptors (Lipinski definition) is 2. The molecule has 0 bridgehead atoms. The van der Waals surface area contributed by atoms with Crippen LogP contribution in [-0.2, 0) is 4.79 Å². The maximum Gasteiger partial charge on any atom is 0.303 e. The summed E-state index contributed by atoms with van der Waals surface area (Å²) < 4.78 is 13.0. The lowest BCUT2D eigenvalue weighted by atomic mass is 10.0. The Balaban J connectivity index is 2.15. The molecule has 2 aromatic rings. The number of aliphatic carboxylic acids is 1. The number of carbonyl (C=O) groups is 2. The molecule has 0 aliphatic carbocycles. The van der Waals surface area contributed by atoms with Gasteiger partial charge in [0.1, 0.15) is 5.82 Å². The standard InChI is InChI=1S/C17H16FNO3/c18-14-8-6-12(7-9-14)15(10-11-16(20)21)19-17(22)13-4-2-1-3-5-13/h1-9,15H,10-11H2,(H,19,22)(H,20,21). The molecule has 0 radical (unpaired) electrons. The highest BCUT2D eigenvalue weighted by atomic mass is 19.1. The molecule has 2 aromatic carbocycles. The fourth-order valence-corrected chi connectivity index (χ4v) is 2.12. The van der Waals surface area contributed by atoms with E-state index in [1.807, 2.05) is 0 Å². The van der Waals surface area contributed by atoms with Crippen molar-refractivity contribution in [3.63, 3.8) is 0 Å². The number of carboxylic acids is 1. The van der Waals surface area contributed by atoms with Crippen molar-refractivity contribution in [1.29, 1.82) is 0 Å². The first-order valence-corrected chi connectivity index (χ1v) is 6.89. The SMILES string of the molecule is O=C(O)CCC(NC(=O)c1ccccc1)c1ccc(F)cc1. The third kappa shape index (κ3) is 4.41. The fourth-order valence-electron chi connectivity index (χ4n) is 2.12. The summed E-state index contributed by atoms with van der Waals surface area (Å²) in [7, 11) is 0.